The van der Waals surface area contributed by atoms with Crippen molar-refractivity contribution in [1.82, 2.24) is 19.4 Å². The molecule has 5 rings (SSSR count). The second-order valence-corrected chi connectivity index (χ2v) is 18.4. The highest BCUT2D eigenvalue weighted by Crippen LogP contribution is 2.36. The molecule has 0 aliphatic carbocycles. The predicted molar refractivity (Wildman–Crippen MR) is 164 cm³/mol. The van der Waals surface area contributed by atoms with Gasteiger partial charge in [-0.25, -0.2) is 14.8 Å². The van der Waals surface area contributed by atoms with E-state index in [-0.39, 0.29) is 18.7 Å². The first-order valence-corrected chi connectivity index (χ1v) is 18.5. The molecule has 0 saturated carbocycles. The Morgan fingerprint density at radius 2 is 1.98 bits per heavy atom. The maximum atomic E-state index is 13.0. The minimum absolute atomic E-state index is 0.0636. The van der Waals surface area contributed by atoms with Crippen LogP contribution in [0.1, 0.15) is 18.9 Å². The number of piperidine rings is 1. The number of carbonyl (C=O) groups excluding carboxylic acids is 1. The SMILES string of the molecule is C[C@H]1C[C@@H](Nc2c(-c3nccs3)cnc3c2ccn3COCC[Si](C)(C)C)CN(C(=O)OCc2ccccc2)C1. The van der Waals surface area contributed by atoms with Crippen molar-refractivity contribution in [2.24, 2.45) is 5.92 Å². The number of rotatable bonds is 10. The Hall–Kier alpha value is -3.21. The van der Waals surface area contributed by atoms with Gasteiger partial charge in [-0.3, -0.25) is 0 Å². The predicted octanol–water partition coefficient (Wildman–Crippen LogP) is 6.93. The number of hydrogen-bond acceptors (Lipinski definition) is 7. The lowest BCUT2D eigenvalue weighted by Crippen LogP contribution is -2.48. The van der Waals surface area contributed by atoms with Crippen molar-refractivity contribution < 1.29 is 14.3 Å². The van der Waals surface area contributed by atoms with Crippen molar-refractivity contribution in [3.63, 3.8) is 0 Å². The van der Waals surface area contributed by atoms with Gasteiger partial charge in [0.1, 0.15) is 24.0 Å². The summed E-state index contributed by atoms with van der Waals surface area (Å²) in [6.07, 6.45) is 6.44. The zero-order valence-electron chi connectivity index (χ0n) is 23.8. The van der Waals surface area contributed by atoms with Crippen LogP contribution >= 0.6 is 11.3 Å². The third-order valence-corrected chi connectivity index (χ3v) is 9.66. The molecule has 0 radical (unpaired) electrons. The van der Waals surface area contributed by atoms with Crippen LogP contribution in [0.25, 0.3) is 21.6 Å². The van der Waals surface area contributed by atoms with E-state index in [2.05, 4.69) is 47.5 Å². The van der Waals surface area contributed by atoms with Crippen molar-refractivity contribution >= 4 is 42.2 Å². The van der Waals surface area contributed by atoms with Crippen LogP contribution in [0.15, 0.2) is 60.4 Å². The third kappa shape index (κ3) is 7.10. The molecule has 1 aliphatic rings. The maximum Gasteiger partial charge on any atom is 0.410 e. The number of hydrogen-bond donors (Lipinski definition) is 1. The van der Waals surface area contributed by atoms with Gasteiger partial charge in [0.25, 0.3) is 0 Å². The van der Waals surface area contributed by atoms with Crippen LogP contribution in [-0.4, -0.2) is 59.3 Å². The summed E-state index contributed by atoms with van der Waals surface area (Å²) >= 11 is 1.59. The van der Waals surface area contributed by atoms with Gasteiger partial charge < -0.3 is 24.3 Å². The zero-order valence-corrected chi connectivity index (χ0v) is 25.6. The molecule has 1 amide bonds. The summed E-state index contributed by atoms with van der Waals surface area (Å²) in [5.41, 5.74) is 3.82. The minimum atomic E-state index is -1.15. The third-order valence-electron chi connectivity index (χ3n) is 7.15. The molecular weight excluding hydrogens is 539 g/mol. The quantitative estimate of drug-likeness (QED) is 0.163. The van der Waals surface area contributed by atoms with Crippen LogP contribution < -0.4 is 5.32 Å². The lowest BCUT2D eigenvalue weighted by molar-refractivity contribution is 0.0784. The molecule has 10 heteroatoms. The van der Waals surface area contributed by atoms with Gasteiger partial charge in [-0.1, -0.05) is 56.9 Å². The van der Waals surface area contributed by atoms with Crippen LogP contribution in [0.3, 0.4) is 0 Å². The molecule has 2 atom stereocenters. The molecule has 1 N–H and O–H groups in total. The normalized spacial score (nSPS) is 17.8. The Morgan fingerprint density at radius 3 is 2.73 bits per heavy atom. The summed E-state index contributed by atoms with van der Waals surface area (Å²) in [7, 11) is -1.15. The fraction of sp³-hybridized carbons (Fsp3) is 0.433. The molecule has 1 aromatic carbocycles. The van der Waals surface area contributed by atoms with Crippen LogP contribution in [0, 0.1) is 5.92 Å². The van der Waals surface area contributed by atoms with E-state index in [4.69, 9.17) is 14.5 Å². The molecule has 40 heavy (non-hydrogen) atoms. The molecule has 0 unspecified atom stereocenters. The standard InChI is InChI=1S/C30H39N5O3SSi/c1-22-16-24(19-35(18-22)30(36)38-20-23-8-6-5-7-9-23)33-27-25-10-12-34(21-37-13-15-40(2,3)4)28(25)32-17-26(27)29-31-11-14-39-29/h5-12,14,17,22,24H,13,15-16,18-21H2,1-4H3,(H,32,33)/t22-,24+/m0/s1. The Bertz CT molecular complexity index is 1400. The Labute approximate surface area is 241 Å². The smallest absolute Gasteiger partial charge is 0.410 e. The van der Waals surface area contributed by atoms with Crippen LogP contribution in [0.5, 0.6) is 0 Å². The lowest BCUT2D eigenvalue weighted by atomic mass is 9.95. The van der Waals surface area contributed by atoms with Gasteiger partial charge in [0.15, 0.2) is 0 Å². The van der Waals surface area contributed by atoms with Gasteiger partial charge in [-0.05, 0) is 30.0 Å². The Morgan fingerprint density at radius 1 is 1.15 bits per heavy atom. The number of benzene rings is 1. The van der Waals surface area contributed by atoms with Crippen molar-refractivity contribution in [3.8, 4) is 10.6 Å². The number of thiazole rings is 1. The van der Waals surface area contributed by atoms with Gasteiger partial charge in [-0.15, -0.1) is 11.3 Å². The fourth-order valence-corrected chi connectivity index (χ4v) is 6.49. The second kappa shape index (κ2) is 12.5. The van der Waals surface area contributed by atoms with Crippen LogP contribution in [-0.2, 0) is 22.8 Å². The van der Waals surface area contributed by atoms with E-state index in [0.29, 0.717) is 25.7 Å². The van der Waals surface area contributed by atoms with E-state index in [0.717, 1.165) is 51.9 Å². The molecular formula is C30H39N5O3SSi. The number of fused-ring (bicyclic) bond motifs is 1. The minimum Gasteiger partial charge on any atom is -0.445 e. The fourth-order valence-electron chi connectivity index (χ4n) is 5.08. The Balaban J connectivity index is 1.34. The summed E-state index contributed by atoms with van der Waals surface area (Å²) in [6.45, 7) is 12.0. The van der Waals surface area contributed by atoms with Gasteiger partial charge >= 0.3 is 6.09 Å². The van der Waals surface area contributed by atoms with Gasteiger partial charge in [-0.2, -0.15) is 0 Å². The van der Waals surface area contributed by atoms with Crippen LogP contribution in [0.4, 0.5) is 10.5 Å². The molecule has 1 aliphatic heterocycles. The van der Waals surface area contributed by atoms with Crippen molar-refractivity contribution in [2.45, 2.75) is 58.4 Å². The van der Waals surface area contributed by atoms with Crippen molar-refractivity contribution in [2.75, 3.05) is 25.0 Å². The summed E-state index contributed by atoms with van der Waals surface area (Å²) < 4.78 is 13.8. The molecule has 1 fully saturated rings. The first-order chi connectivity index (χ1) is 19.3. The highest BCUT2D eigenvalue weighted by atomic mass is 32.1. The van der Waals surface area contributed by atoms with E-state index in [1.807, 2.05) is 59.2 Å². The number of aromatic nitrogens is 3. The van der Waals surface area contributed by atoms with Gasteiger partial charge in [0, 0.05) is 63.2 Å². The summed E-state index contributed by atoms with van der Waals surface area (Å²) in [5.74, 6) is 0.334. The molecule has 212 valence electrons. The number of amides is 1. The van der Waals surface area contributed by atoms with Crippen LogP contribution in [0.2, 0.25) is 25.7 Å². The number of nitrogens with zero attached hydrogens (tertiary/aromatic N) is 4. The van der Waals surface area contributed by atoms with E-state index in [1.165, 1.54) is 0 Å². The van der Waals surface area contributed by atoms with E-state index in [1.54, 1.807) is 11.3 Å². The molecule has 1 saturated heterocycles. The van der Waals surface area contributed by atoms with E-state index < -0.39 is 8.07 Å². The molecule has 8 nitrogen and oxygen atoms in total. The number of nitrogens with one attached hydrogen (secondary N) is 1. The number of anilines is 1. The van der Waals surface area contributed by atoms with Crippen molar-refractivity contribution in [3.05, 3.63) is 65.9 Å². The number of carbonyl (C=O) groups is 1. The second-order valence-electron chi connectivity index (χ2n) is 11.9. The summed E-state index contributed by atoms with van der Waals surface area (Å²) in [4.78, 5) is 24.2. The molecule has 0 spiro atoms. The zero-order chi connectivity index (χ0) is 28.1. The van der Waals surface area contributed by atoms with E-state index in [9.17, 15) is 4.79 Å². The average Bonchev–Trinajstić information content (AvgIpc) is 3.60. The lowest BCUT2D eigenvalue weighted by Gasteiger charge is -2.37. The summed E-state index contributed by atoms with van der Waals surface area (Å²) in [5, 5.41) is 7.72. The largest absolute Gasteiger partial charge is 0.445 e. The highest BCUT2D eigenvalue weighted by molar-refractivity contribution is 7.13. The summed E-state index contributed by atoms with van der Waals surface area (Å²) in [6, 6.07) is 13.1. The average molecular weight is 578 g/mol. The molecule has 3 aromatic heterocycles. The molecule has 4 heterocycles. The monoisotopic (exact) mass is 577 g/mol. The molecule has 0 bridgehead atoms. The van der Waals surface area contributed by atoms with Crippen molar-refractivity contribution in [1.29, 1.82) is 0 Å². The number of likely N-dealkylation sites (tertiary alicyclic amines) is 1. The maximum absolute atomic E-state index is 13.0. The topological polar surface area (TPSA) is 81.5 Å². The first kappa shape index (κ1) is 28.3. The number of pyridine rings is 1. The molecule has 4 aromatic rings. The Kier molecular flexibility index (Phi) is 8.87. The van der Waals surface area contributed by atoms with Gasteiger partial charge in [0.05, 0.1) is 11.3 Å². The first-order valence-electron chi connectivity index (χ1n) is 13.9. The van der Waals surface area contributed by atoms with E-state index >= 15 is 0 Å². The number of ether oxygens (including phenoxy) is 2. The highest BCUT2D eigenvalue weighted by Gasteiger charge is 2.30. The van der Waals surface area contributed by atoms with Gasteiger partial charge in [0.2, 0.25) is 0 Å².